The summed E-state index contributed by atoms with van der Waals surface area (Å²) >= 11 is 0. The molecule has 0 fully saturated rings. The smallest absolute Gasteiger partial charge is 0.252 e. The van der Waals surface area contributed by atoms with E-state index in [0.29, 0.717) is 22.9 Å². The van der Waals surface area contributed by atoms with Crippen molar-refractivity contribution in [3.8, 4) is 11.5 Å². The molecule has 0 saturated carbocycles. The molecular formula is C28H24N4O4. The fourth-order valence-electron chi connectivity index (χ4n) is 5.22. The van der Waals surface area contributed by atoms with E-state index in [1.807, 2.05) is 78.9 Å². The number of hydrogen-bond donors (Lipinski definition) is 0. The zero-order chi connectivity index (χ0) is 24.8. The summed E-state index contributed by atoms with van der Waals surface area (Å²) in [6.07, 6.45) is 0. The van der Waals surface area contributed by atoms with Gasteiger partial charge in [0.15, 0.2) is 11.5 Å². The second-order valence-corrected chi connectivity index (χ2v) is 9.02. The normalized spacial score (nSPS) is 21.6. The van der Waals surface area contributed by atoms with Crippen LogP contribution in [-0.2, 0) is 9.59 Å². The van der Waals surface area contributed by atoms with Gasteiger partial charge in [-0.15, -0.1) is 0 Å². The zero-order valence-corrected chi connectivity index (χ0v) is 19.9. The third-order valence-corrected chi connectivity index (χ3v) is 6.91. The predicted octanol–water partition coefficient (Wildman–Crippen LogP) is 3.48. The van der Waals surface area contributed by atoms with Gasteiger partial charge in [0, 0.05) is 20.0 Å². The van der Waals surface area contributed by atoms with Crippen LogP contribution in [0.4, 0.5) is 0 Å². The van der Waals surface area contributed by atoms with Crippen molar-refractivity contribution in [2.24, 2.45) is 22.0 Å². The van der Waals surface area contributed by atoms with E-state index in [9.17, 15) is 9.59 Å². The molecule has 3 aliphatic rings. The Balaban J connectivity index is 1.54. The molecule has 0 aromatic heterocycles. The minimum absolute atomic E-state index is 0.132. The summed E-state index contributed by atoms with van der Waals surface area (Å²) in [6.45, 7) is 0.132. The number of hydrogen-bond acceptors (Lipinski definition) is 6. The molecular weight excluding hydrogens is 456 g/mol. The lowest BCUT2D eigenvalue weighted by Gasteiger charge is -2.29. The minimum Gasteiger partial charge on any atom is -0.454 e. The van der Waals surface area contributed by atoms with Crippen LogP contribution in [0, 0.1) is 11.8 Å². The second kappa shape index (κ2) is 8.64. The average molecular weight is 481 g/mol. The van der Waals surface area contributed by atoms with E-state index in [4.69, 9.17) is 9.47 Å². The first kappa shape index (κ1) is 22.0. The van der Waals surface area contributed by atoms with E-state index in [-0.39, 0.29) is 18.6 Å². The minimum atomic E-state index is -0.702. The van der Waals surface area contributed by atoms with Crippen molar-refractivity contribution in [3.05, 3.63) is 95.6 Å². The number of ether oxygens (including phenoxy) is 2. The van der Waals surface area contributed by atoms with Gasteiger partial charge in [-0.1, -0.05) is 66.7 Å². The first-order chi connectivity index (χ1) is 17.5. The van der Waals surface area contributed by atoms with Gasteiger partial charge in [0.05, 0.1) is 23.3 Å². The Hall–Kier alpha value is -4.46. The Bertz CT molecular complexity index is 1320. The van der Waals surface area contributed by atoms with Gasteiger partial charge in [-0.05, 0) is 28.8 Å². The maximum absolute atomic E-state index is 13.7. The van der Waals surface area contributed by atoms with Crippen molar-refractivity contribution >= 4 is 23.2 Å². The maximum Gasteiger partial charge on any atom is 0.252 e. The lowest BCUT2D eigenvalue weighted by Crippen LogP contribution is -2.40. The number of amides is 2. The SMILES string of the molecule is CN1N=C(c2ccccc2)C(C(c2ccc3c(c2)OCO3)C2C(=O)N(C)N=C2c2ccccc2)C1=O. The van der Waals surface area contributed by atoms with Crippen molar-refractivity contribution < 1.29 is 19.1 Å². The fraction of sp³-hybridized carbons (Fsp3) is 0.214. The first-order valence-corrected chi connectivity index (χ1v) is 11.8. The molecule has 6 rings (SSSR count). The number of rotatable bonds is 5. The molecule has 0 aliphatic carbocycles. The number of fused-ring (bicyclic) bond motifs is 1. The van der Waals surface area contributed by atoms with Crippen LogP contribution in [-0.4, -0.2) is 54.1 Å². The molecule has 8 heteroatoms. The molecule has 8 nitrogen and oxygen atoms in total. The van der Waals surface area contributed by atoms with Crippen molar-refractivity contribution in [3.63, 3.8) is 0 Å². The highest BCUT2D eigenvalue weighted by atomic mass is 16.7. The molecule has 2 amide bonds. The highest BCUT2D eigenvalue weighted by molar-refractivity contribution is 6.21. The molecule has 3 heterocycles. The number of carbonyl (C=O) groups is 2. The second-order valence-electron chi connectivity index (χ2n) is 9.02. The van der Waals surface area contributed by atoms with Gasteiger partial charge < -0.3 is 9.47 Å². The van der Waals surface area contributed by atoms with Gasteiger partial charge in [0.2, 0.25) is 6.79 Å². The Morgan fingerprint density at radius 2 is 1.22 bits per heavy atom. The molecule has 0 N–H and O–H groups in total. The molecule has 3 aromatic carbocycles. The van der Waals surface area contributed by atoms with E-state index in [1.165, 1.54) is 10.0 Å². The molecule has 0 saturated heterocycles. The topological polar surface area (TPSA) is 83.8 Å². The highest BCUT2D eigenvalue weighted by Crippen LogP contribution is 2.45. The van der Waals surface area contributed by atoms with Crippen LogP contribution in [0.3, 0.4) is 0 Å². The molecule has 3 aliphatic heterocycles. The van der Waals surface area contributed by atoms with Crippen LogP contribution in [0.1, 0.15) is 22.6 Å². The van der Waals surface area contributed by atoms with Crippen LogP contribution in [0.25, 0.3) is 0 Å². The molecule has 0 bridgehead atoms. The van der Waals surface area contributed by atoms with Gasteiger partial charge in [-0.2, -0.15) is 10.2 Å². The summed E-state index contributed by atoms with van der Waals surface area (Å²) < 4.78 is 11.2. The van der Waals surface area contributed by atoms with E-state index >= 15 is 0 Å². The summed E-state index contributed by atoms with van der Waals surface area (Å²) in [4.78, 5) is 27.4. The van der Waals surface area contributed by atoms with Crippen LogP contribution in [0.15, 0.2) is 89.1 Å². The Morgan fingerprint density at radius 1 is 0.722 bits per heavy atom. The number of benzene rings is 3. The molecule has 0 radical (unpaired) electrons. The van der Waals surface area contributed by atoms with Gasteiger partial charge >= 0.3 is 0 Å². The standard InChI is InChI=1S/C28H24N4O4/c1-31-27(33)23(25(29-31)17-9-5-3-6-10-17)22(19-13-14-20-21(15-19)36-16-35-20)24-26(30-32(2)28(24)34)18-11-7-4-8-12-18/h3-15,22-24H,16H2,1-2H3. The van der Waals surface area contributed by atoms with Crippen LogP contribution in [0.5, 0.6) is 11.5 Å². The van der Waals surface area contributed by atoms with Crippen molar-refractivity contribution in [2.75, 3.05) is 20.9 Å². The van der Waals surface area contributed by atoms with Crippen LogP contribution >= 0.6 is 0 Å². The molecule has 2 atom stereocenters. The Labute approximate surface area is 208 Å². The Morgan fingerprint density at radius 3 is 1.75 bits per heavy atom. The summed E-state index contributed by atoms with van der Waals surface area (Å²) in [7, 11) is 3.30. The highest BCUT2D eigenvalue weighted by Gasteiger charge is 2.51. The fourth-order valence-corrected chi connectivity index (χ4v) is 5.22. The van der Waals surface area contributed by atoms with Gasteiger partial charge in [0.25, 0.3) is 11.8 Å². The molecule has 0 spiro atoms. The monoisotopic (exact) mass is 480 g/mol. The van der Waals surface area contributed by atoms with Crippen molar-refractivity contribution in [1.82, 2.24) is 10.0 Å². The summed E-state index contributed by atoms with van der Waals surface area (Å²) in [5.41, 5.74) is 3.71. The molecule has 36 heavy (non-hydrogen) atoms. The van der Waals surface area contributed by atoms with Gasteiger partial charge in [-0.25, -0.2) is 10.0 Å². The largest absolute Gasteiger partial charge is 0.454 e. The summed E-state index contributed by atoms with van der Waals surface area (Å²) in [5, 5.41) is 12.0. The zero-order valence-electron chi connectivity index (χ0n) is 19.9. The van der Waals surface area contributed by atoms with Crippen molar-refractivity contribution in [1.29, 1.82) is 0 Å². The number of nitrogens with zero attached hydrogens (tertiary/aromatic N) is 4. The summed E-state index contributed by atoms with van der Waals surface area (Å²) in [5.74, 6) is -1.10. The van der Waals surface area contributed by atoms with E-state index in [1.54, 1.807) is 14.1 Å². The number of hydrazone groups is 2. The first-order valence-electron chi connectivity index (χ1n) is 11.8. The van der Waals surface area contributed by atoms with Crippen molar-refractivity contribution in [2.45, 2.75) is 5.92 Å². The van der Waals surface area contributed by atoms with Gasteiger partial charge in [0.1, 0.15) is 0 Å². The third-order valence-electron chi connectivity index (χ3n) is 6.91. The van der Waals surface area contributed by atoms with E-state index in [0.717, 1.165) is 16.7 Å². The number of carbonyl (C=O) groups excluding carboxylic acids is 2. The average Bonchev–Trinajstić information content (AvgIpc) is 3.58. The molecule has 3 aromatic rings. The van der Waals surface area contributed by atoms with E-state index < -0.39 is 17.8 Å². The quantitative estimate of drug-likeness (QED) is 0.560. The summed E-state index contributed by atoms with van der Waals surface area (Å²) in [6, 6.07) is 24.8. The van der Waals surface area contributed by atoms with Gasteiger partial charge in [-0.3, -0.25) is 9.59 Å². The maximum atomic E-state index is 13.7. The van der Waals surface area contributed by atoms with Crippen LogP contribution < -0.4 is 9.47 Å². The molecule has 180 valence electrons. The van der Waals surface area contributed by atoms with E-state index in [2.05, 4.69) is 10.2 Å². The third kappa shape index (κ3) is 3.53. The lowest BCUT2D eigenvalue weighted by atomic mass is 9.70. The Kier molecular flexibility index (Phi) is 5.29. The molecule has 2 unspecified atom stereocenters. The lowest BCUT2D eigenvalue weighted by molar-refractivity contribution is -0.133. The predicted molar refractivity (Wildman–Crippen MR) is 134 cm³/mol. The van der Waals surface area contributed by atoms with Crippen LogP contribution in [0.2, 0.25) is 0 Å².